The number of thiophene rings is 1. The first kappa shape index (κ1) is 17.0. The molecule has 6 heteroatoms. The first-order valence-electron chi connectivity index (χ1n) is 6.84. The number of hydrogen-bond donors (Lipinski definition) is 1. The Hall–Kier alpha value is -1.37. The molecule has 2 rings (SSSR count). The van der Waals surface area contributed by atoms with Crippen molar-refractivity contribution < 1.29 is 9.53 Å². The topological polar surface area (TPSA) is 41.6 Å². The lowest BCUT2D eigenvalue weighted by atomic mass is 10.1. The summed E-state index contributed by atoms with van der Waals surface area (Å²) in [6, 6.07) is 9.86. The Labute approximate surface area is 143 Å². The van der Waals surface area contributed by atoms with Crippen molar-refractivity contribution in [2.24, 2.45) is 0 Å². The fourth-order valence-corrected chi connectivity index (χ4v) is 3.28. The quantitative estimate of drug-likeness (QED) is 0.830. The van der Waals surface area contributed by atoms with Gasteiger partial charge in [0.1, 0.15) is 5.75 Å². The van der Waals surface area contributed by atoms with Gasteiger partial charge >= 0.3 is 0 Å². The van der Waals surface area contributed by atoms with Crippen LogP contribution < -0.4 is 10.1 Å². The van der Waals surface area contributed by atoms with Gasteiger partial charge in [-0.1, -0.05) is 12.1 Å². The van der Waals surface area contributed by atoms with E-state index < -0.39 is 0 Å². The second-order valence-electron chi connectivity index (χ2n) is 5.10. The Kier molecular flexibility index (Phi) is 5.99. The molecule has 0 bridgehead atoms. The van der Waals surface area contributed by atoms with Gasteiger partial charge in [-0.25, -0.2) is 0 Å². The van der Waals surface area contributed by atoms with E-state index in [1.165, 1.54) is 11.3 Å². The van der Waals surface area contributed by atoms with Crippen molar-refractivity contribution in [2.45, 2.75) is 6.04 Å². The number of nitrogens with zero attached hydrogens (tertiary/aromatic N) is 1. The summed E-state index contributed by atoms with van der Waals surface area (Å²) in [5.74, 6) is 0.774. The van der Waals surface area contributed by atoms with E-state index in [2.05, 4.69) is 26.1 Å². The van der Waals surface area contributed by atoms with Crippen LogP contribution in [0.15, 0.2) is 39.5 Å². The fourth-order valence-electron chi connectivity index (χ4n) is 2.15. The third kappa shape index (κ3) is 4.32. The average Bonchev–Trinajstić information content (AvgIpc) is 2.94. The molecule has 1 aromatic carbocycles. The number of likely N-dealkylation sites (N-methyl/N-ethyl adjacent to an activating group) is 1. The van der Waals surface area contributed by atoms with Crippen molar-refractivity contribution in [3.63, 3.8) is 0 Å². The summed E-state index contributed by atoms with van der Waals surface area (Å²) in [7, 11) is 5.65. The van der Waals surface area contributed by atoms with E-state index in [4.69, 9.17) is 4.74 Å². The largest absolute Gasteiger partial charge is 0.497 e. The van der Waals surface area contributed by atoms with Crippen molar-refractivity contribution in [2.75, 3.05) is 27.7 Å². The van der Waals surface area contributed by atoms with Gasteiger partial charge in [-0.05, 0) is 53.8 Å². The lowest BCUT2D eigenvalue weighted by molar-refractivity contribution is 0.0942. The van der Waals surface area contributed by atoms with E-state index in [1.807, 2.05) is 49.8 Å². The predicted octanol–water partition coefficient (Wildman–Crippen LogP) is 3.55. The molecule has 0 aliphatic carbocycles. The molecular weight excluding hydrogens is 364 g/mol. The summed E-state index contributed by atoms with van der Waals surface area (Å²) in [4.78, 5) is 14.2. The molecule has 1 heterocycles. The highest BCUT2D eigenvalue weighted by molar-refractivity contribution is 9.11. The Morgan fingerprint density at radius 1 is 1.36 bits per heavy atom. The predicted molar refractivity (Wildman–Crippen MR) is 93.8 cm³/mol. The van der Waals surface area contributed by atoms with Gasteiger partial charge in [0.15, 0.2) is 0 Å². The van der Waals surface area contributed by atoms with Crippen molar-refractivity contribution in [1.29, 1.82) is 0 Å². The summed E-state index contributed by atoms with van der Waals surface area (Å²) in [6.07, 6.45) is 0. The highest BCUT2D eigenvalue weighted by Crippen LogP contribution is 2.22. The molecular formula is C16H19BrN2O2S. The molecule has 1 unspecified atom stereocenters. The summed E-state index contributed by atoms with van der Waals surface area (Å²) in [6.45, 7) is 0.547. The van der Waals surface area contributed by atoms with Crippen molar-refractivity contribution in [3.8, 4) is 5.75 Å². The van der Waals surface area contributed by atoms with Crippen LogP contribution in [0.25, 0.3) is 0 Å². The van der Waals surface area contributed by atoms with Crippen molar-refractivity contribution >= 4 is 33.2 Å². The Morgan fingerprint density at radius 3 is 2.55 bits per heavy atom. The van der Waals surface area contributed by atoms with Gasteiger partial charge in [0, 0.05) is 11.9 Å². The van der Waals surface area contributed by atoms with Crippen LogP contribution in [0.3, 0.4) is 0 Å². The van der Waals surface area contributed by atoms with Gasteiger partial charge in [0.05, 0.1) is 22.5 Å². The molecule has 0 radical (unpaired) electrons. The number of carbonyl (C=O) groups excluding carboxylic acids is 1. The zero-order chi connectivity index (χ0) is 16.1. The van der Waals surface area contributed by atoms with Crippen LogP contribution in [0.5, 0.6) is 5.75 Å². The van der Waals surface area contributed by atoms with Gasteiger partial charge in [-0.15, -0.1) is 11.3 Å². The third-order valence-electron chi connectivity index (χ3n) is 3.41. The third-order valence-corrected chi connectivity index (χ3v) is 4.91. The van der Waals surface area contributed by atoms with Crippen LogP contribution in [0, 0.1) is 0 Å². The molecule has 0 aliphatic heterocycles. The van der Waals surface area contributed by atoms with E-state index in [0.29, 0.717) is 12.1 Å². The van der Waals surface area contributed by atoms with E-state index in [9.17, 15) is 4.79 Å². The van der Waals surface area contributed by atoms with Crippen molar-refractivity contribution in [1.82, 2.24) is 10.2 Å². The Morgan fingerprint density at radius 2 is 2.05 bits per heavy atom. The molecule has 0 saturated heterocycles. The molecule has 1 aromatic heterocycles. The zero-order valence-corrected chi connectivity index (χ0v) is 15.2. The van der Waals surface area contributed by atoms with Crippen LogP contribution >= 0.6 is 27.3 Å². The second kappa shape index (κ2) is 7.76. The molecule has 0 fully saturated rings. The molecule has 1 amide bonds. The number of ether oxygens (including phenoxy) is 1. The zero-order valence-electron chi connectivity index (χ0n) is 12.8. The molecule has 0 saturated carbocycles. The SMILES string of the molecule is COc1ccc(C(CNC(=O)c2csc(Br)c2)N(C)C)cc1. The normalized spacial score (nSPS) is 12.2. The molecule has 0 aliphatic rings. The molecule has 1 N–H and O–H groups in total. The number of rotatable bonds is 6. The van der Waals surface area contributed by atoms with Gasteiger partial charge in [0.2, 0.25) is 0 Å². The van der Waals surface area contributed by atoms with Gasteiger partial charge < -0.3 is 15.0 Å². The Bertz CT molecular complexity index is 625. The average molecular weight is 383 g/mol. The maximum Gasteiger partial charge on any atom is 0.252 e. The maximum absolute atomic E-state index is 12.2. The van der Waals surface area contributed by atoms with E-state index in [-0.39, 0.29) is 11.9 Å². The second-order valence-corrected chi connectivity index (χ2v) is 7.39. The summed E-state index contributed by atoms with van der Waals surface area (Å²) in [5.41, 5.74) is 1.82. The molecule has 118 valence electrons. The fraction of sp³-hybridized carbons (Fsp3) is 0.312. The summed E-state index contributed by atoms with van der Waals surface area (Å²) in [5, 5.41) is 4.84. The molecule has 2 aromatic rings. The standard InChI is InChI=1S/C16H19BrN2O2S/c1-19(2)14(11-4-6-13(21-3)7-5-11)9-18-16(20)12-8-15(17)22-10-12/h4-8,10,14H,9H2,1-3H3,(H,18,20). The van der Waals surface area contributed by atoms with Gasteiger partial charge in [-0.2, -0.15) is 0 Å². The first-order chi connectivity index (χ1) is 10.5. The Balaban J connectivity index is 2.03. The highest BCUT2D eigenvalue weighted by atomic mass is 79.9. The number of hydrogen-bond acceptors (Lipinski definition) is 4. The van der Waals surface area contributed by atoms with Crippen LogP contribution in [-0.4, -0.2) is 38.6 Å². The van der Waals surface area contributed by atoms with Gasteiger partial charge in [0.25, 0.3) is 5.91 Å². The minimum Gasteiger partial charge on any atom is -0.497 e. The molecule has 0 spiro atoms. The van der Waals surface area contributed by atoms with Gasteiger partial charge in [-0.3, -0.25) is 4.79 Å². The van der Waals surface area contributed by atoms with Crippen LogP contribution in [0.4, 0.5) is 0 Å². The molecule has 4 nitrogen and oxygen atoms in total. The minimum atomic E-state index is -0.0534. The molecule has 1 atom stereocenters. The molecule has 22 heavy (non-hydrogen) atoms. The van der Waals surface area contributed by atoms with E-state index in [1.54, 1.807) is 7.11 Å². The highest BCUT2D eigenvalue weighted by Gasteiger charge is 2.16. The number of nitrogens with one attached hydrogen (secondary N) is 1. The summed E-state index contributed by atoms with van der Waals surface area (Å²) < 4.78 is 6.14. The number of methoxy groups -OCH3 is 1. The number of amides is 1. The van der Waals surface area contributed by atoms with Crippen molar-refractivity contribution in [3.05, 3.63) is 50.6 Å². The van der Waals surface area contributed by atoms with Crippen LogP contribution in [0.2, 0.25) is 0 Å². The number of benzene rings is 1. The lowest BCUT2D eigenvalue weighted by Crippen LogP contribution is -2.34. The van der Waals surface area contributed by atoms with Crippen LogP contribution in [0.1, 0.15) is 22.0 Å². The lowest BCUT2D eigenvalue weighted by Gasteiger charge is -2.25. The monoisotopic (exact) mass is 382 g/mol. The smallest absolute Gasteiger partial charge is 0.252 e. The van der Waals surface area contributed by atoms with E-state index in [0.717, 1.165) is 15.1 Å². The number of carbonyl (C=O) groups is 1. The first-order valence-corrected chi connectivity index (χ1v) is 8.51. The number of halogens is 1. The minimum absolute atomic E-state index is 0.0534. The summed E-state index contributed by atoms with van der Waals surface area (Å²) >= 11 is 4.88. The van der Waals surface area contributed by atoms with Crippen LogP contribution in [-0.2, 0) is 0 Å². The van der Waals surface area contributed by atoms with E-state index >= 15 is 0 Å². The maximum atomic E-state index is 12.2.